The first-order chi connectivity index (χ1) is 14.7. The zero-order chi connectivity index (χ0) is 20.9. The number of imidazole rings is 1. The van der Waals surface area contributed by atoms with Gasteiger partial charge in [-0.3, -0.25) is 4.79 Å². The van der Waals surface area contributed by atoms with Gasteiger partial charge in [0, 0.05) is 37.7 Å². The van der Waals surface area contributed by atoms with Crippen molar-refractivity contribution in [2.45, 2.75) is 31.7 Å². The van der Waals surface area contributed by atoms with Crippen LogP contribution in [0.4, 0.5) is 0 Å². The zero-order valence-corrected chi connectivity index (χ0v) is 17.4. The summed E-state index contributed by atoms with van der Waals surface area (Å²) in [6.07, 6.45) is 4.47. The molecule has 1 aromatic heterocycles. The zero-order valence-electron chi connectivity index (χ0n) is 17.4. The fourth-order valence-electron chi connectivity index (χ4n) is 4.02. The maximum Gasteiger partial charge on any atom is 0.271 e. The first-order valence-corrected chi connectivity index (χ1v) is 10.3. The van der Waals surface area contributed by atoms with Crippen molar-refractivity contribution in [3.63, 3.8) is 0 Å². The molecule has 1 atom stereocenters. The molecule has 2 heterocycles. The van der Waals surface area contributed by atoms with Gasteiger partial charge in [0.05, 0.1) is 14.2 Å². The van der Waals surface area contributed by atoms with Crippen LogP contribution in [-0.2, 0) is 19.4 Å². The number of nitrogens with zero attached hydrogens (tertiary/aromatic N) is 2. The van der Waals surface area contributed by atoms with E-state index in [1.807, 2.05) is 36.5 Å². The van der Waals surface area contributed by atoms with Gasteiger partial charge in [0.15, 0.2) is 0 Å². The van der Waals surface area contributed by atoms with Crippen LogP contribution in [-0.4, -0.2) is 36.2 Å². The van der Waals surface area contributed by atoms with Crippen molar-refractivity contribution in [2.75, 3.05) is 20.8 Å². The number of ether oxygens (including phenoxy) is 2. The normalized spacial score (nSPS) is 15.3. The number of carbonyl (C=O) groups excluding carboxylic acids is 1. The molecule has 1 aliphatic rings. The summed E-state index contributed by atoms with van der Waals surface area (Å²) in [5.41, 5.74) is 2.85. The molecular formula is C24H27N3O3. The Morgan fingerprint density at radius 1 is 1.17 bits per heavy atom. The Hall–Kier alpha value is -3.28. The van der Waals surface area contributed by atoms with Gasteiger partial charge in [0.1, 0.15) is 23.0 Å². The highest BCUT2D eigenvalue weighted by Crippen LogP contribution is 2.36. The Morgan fingerprint density at radius 3 is 2.77 bits per heavy atom. The average Bonchev–Trinajstić information content (AvgIpc) is 3.23. The number of hydrogen-bond acceptors (Lipinski definition) is 4. The summed E-state index contributed by atoms with van der Waals surface area (Å²) in [5, 5.41) is 2.98. The van der Waals surface area contributed by atoms with Crippen LogP contribution in [0.25, 0.3) is 0 Å². The van der Waals surface area contributed by atoms with Crippen molar-refractivity contribution in [1.29, 1.82) is 0 Å². The number of carbonyl (C=O) groups is 1. The van der Waals surface area contributed by atoms with Crippen LogP contribution in [0.2, 0.25) is 0 Å². The van der Waals surface area contributed by atoms with Crippen LogP contribution < -0.4 is 14.8 Å². The van der Waals surface area contributed by atoms with E-state index in [9.17, 15) is 4.79 Å². The van der Waals surface area contributed by atoms with Crippen LogP contribution in [0.1, 0.15) is 39.8 Å². The van der Waals surface area contributed by atoms with Crippen LogP contribution in [0.5, 0.6) is 11.5 Å². The second-order valence-electron chi connectivity index (χ2n) is 7.53. The van der Waals surface area contributed by atoms with Gasteiger partial charge < -0.3 is 19.4 Å². The SMILES string of the molecule is COc1ccc(C2CCc3nc(C(=O)NCCc4ccccc4)cn3C2)c(OC)c1. The van der Waals surface area contributed by atoms with Gasteiger partial charge >= 0.3 is 0 Å². The first kappa shape index (κ1) is 20.0. The van der Waals surface area contributed by atoms with E-state index >= 15 is 0 Å². The number of methoxy groups -OCH3 is 2. The van der Waals surface area contributed by atoms with Gasteiger partial charge in [-0.25, -0.2) is 4.98 Å². The molecule has 0 fully saturated rings. The lowest BCUT2D eigenvalue weighted by Crippen LogP contribution is -2.26. The number of fused-ring (bicyclic) bond motifs is 1. The van der Waals surface area contributed by atoms with Gasteiger partial charge in [-0.1, -0.05) is 36.4 Å². The largest absolute Gasteiger partial charge is 0.497 e. The van der Waals surface area contributed by atoms with Gasteiger partial charge in [-0.05, 0) is 30.0 Å². The minimum absolute atomic E-state index is 0.119. The smallest absolute Gasteiger partial charge is 0.271 e. The second-order valence-corrected chi connectivity index (χ2v) is 7.53. The number of rotatable bonds is 7. The predicted octanol–water partition coefficient (Wildman–Crippen LogP) is 3.60. The standard InChI is InChI=1S/C24H27N3O3/c1-29-19-9-10-20(22(14-19)30-2)18-8-11-23-26-21(16-27(23)15-18)24(28)25-13-12-17-6-4-3-5-7-17/h3-7,9-10,14,16,18H,8,11-13,15H2,1-2H3,(H,25,28). The Labute approximate surface area is 176 Å². The molecule has 1 N–H and O–H groups in total. The number of hydrogen-bond donors (Lipinski definition) is 1. The quantitative estimate of drug-likeness (QED) is 0.652. The molecule has 0 bridgehead atoms. The second kappa shape index (κ2) is 9.03. The van der Waals surface area contributed by atoms with Crippen molar-refractivity contribution in [1.82, 2.24) is 14.9 Å². The van der Waals surface area contributed by atoms with Gasteiger partial charge in [-0.2, -0.15) is 0 Å². The van der Waals surface area contributed by atoms with E-state index in [1.165, 1.54) is 5.56 Å². The molecule has 156 valence electrons. The molecule has 0 radical (unpaired) electrons. The molecule has 1 amide bonds. The maximum absolute atomic E-state index is 12.6. The van der Waals surface area contributed by atoms with Crippen molar-refractivity contribution >= 4 is 5.91 Å². The van der Waals surface area contributed by atoms with Crippen molar-refractivity contribution in [2.24, 2.45) is 0 Å². The summed E-state index contributed by atoms with van der Waals surface area (Å²) in [7, 11) is 3.33. The summed E-state index contributed by atoms with van der Waals surface area (Å²) < 4.78 is 13.0. The van der Waals surface area contributed by atoms with Crippen molar-refractivity contribution < 1.29 is 14.3 Å². The molecule has 2 aromatic carbocycles. The highest BCUT2D eigenvalue weighted by atomic mass is 16.5. The summed E-state index contributed by atoms with van der Waals surface area (Å²) >= 11 is 0. The number of amides is 1. The monoisotopic (exact) mass is 405 g/mol. The van der Waals surface area contributed by atoms with Gasteiger partial charge in [0.2, 0.25) is 0 Å². The molecular weight excluding hydrogens is 378 g/mol. The summed E-state index contributed by atoms with van der Waals surface area (Å²) in [5.74, 6) is 2.77. The molecule has 4 rings (SSSR count). The summed E-state index contributed by atoms with van der Waals surface area (Å²) in [6.45, 7) is 1.37. The Kier molecular flexibility index (Phi) is 6.02. The number of nitrogens with one attached hydrogen (secondary N) is 1. The lowest BCUT2D eigenvalue weighted by Gasteiger charge is -2.25. The fourth-order valence-corrected chi connectivity index (χ4v) is 4.02. The maximum atomic E-state index is 12.6. The Bertz CT molecular complexity index is 1010. The third kappa shape index (κ3) is 4.32. The van der Waals surface area contributed by atoms with E-state index in [-0.39, 0.29) is 5.91 Å². The van der Waals surface area contributed by atoms with Gasteiger partial charge in [0.25, 0.3) is 5.91 Å². The van der Waals surface area contributed by atoms with E-state index in [1.54, 1.807) is 14.2 Å². The number of benzene rings is 2. The Balaban J connectivity index is 1.41. The van der Waals surface area contributed by atoms with Crippen LogP contribution in [0.3, 0.4) is 0 Å². The molecule has 1 aliphatic heterocycles. The van der Waals surface area contributed by atoms with E-state index in [0.717, 1.165) is 48.7 Å². The van der Waals surface area contributed by atoms with Gasteiger partial charge in [-0.15, -0.1) is 0 Å². The lowest BCUT2D eigenvalue weighted by atomic mass is 9.91. The molecule has 0 spiro atoms. The lowest BCUT2D eigenvalue weighted by molar-refractivity contribution is 0.0949. The minimum Gasteiger partial charge on any atom is -0.497 e. The van der Waals surface area contributed by atoms with Crippen molar-refractivity contribution in [3.8, 4) is 11.5 Å². The molecule has 6 heteroatoms. The van der Waals surface area contributed by atoms with E-state index < -0.39 is 0 Å². The minimum atomic E-state index is -0.119. The topological polar surface area (TPSA) is 65.4 Å². The van der Waals surface area contributed by atoms with Crippen LogP contribution in [0, 0.1) is 0 Å². The predicted molar refractivity (Wildman–Crippen MR) is 115 cm³/mol. The Morgan fingerprint density at radius 2 is 2.00 bits per heavy atom. The first-order valence-electron chi connectivity index (χ1n) is 10.3. The molecule has 3 aromatic rings. The number of aromatic nitrogens is 2. The molecule has 1 unspecified atom stereocenters. The fraction of sp³-hybridized carbons (Fsp3) is 0.333. The molecule has 0 aliphatic carbocycles. The van der Waals surface area contributed by atoms with E-state index in [2.05, 4.69) is 33.1 Å². The molecule has 30 heavy (non-hydrogen) atoms. The molecule has 0 saturated carbocycles. The van der Waals surface area contributed by atoms with E-state index in [4.69, 9.17) is 9.47 Å². The average molecular weight is 405 g/mol. The third-order valence-corrected chi connectivity index (χ3v) is 5.65. The number of aryl methyl sites for hydroxylation is 1. The van der Waals surface area contributed by atoms with Crippen LogP contribution in [0.15, 0.2) is 54.7 Å². The van der Waals surface area contributed by atoms with E-state index in [0.29, 0.717) is 18.2 Å². The van der Waals surface area contributed by atoms with Crippen molar-refractivity contribution in [3.05, 3.63) is 77.4 Å². The third-order valence-electron chi connectivity index (χ3n) is 5.65. The summed E-state index contributed by atoms with van der Waals surface area (Å²) in [6, 6.07) is 16.1. The highest BCUT2D eigenvalue weighted by molar-refractivity contribution is 5.92. The highest BCUT2D eigenvalue weighted by Gasteiger charge is 2.25. The molecule has 0 saturated heterocycles. The van der Waals surface area contributed by atoms with Crippen LogP contribution >= 0.6 is 0 Å². The summed E-state index contributed by atoms with van der Waals surface area (Å²) in [4.78, 5) is 17.1. The molecule has 6 nitrogen and oxygen atoms in total.